The Bertz CT molecular complexity index is 435. The first-order valence-corrected chi connectivity index (χ1v) is 6.00. The molecule has 0 radical (unpaired) electrons. The molecule has 0 spiro atoms. The smallest absolute Gasteiger partial charge is 0.420 e. The Kier molecular flexibility index (Phi) is 3.38. The fourth-order valence-electron chi connectivity index (χ4n) is 1.99. The van der Waals surface area contributed by atoms with E-state index in [9.17, 15) is 13.2 Å². The van der Waals surface area contributed by atoms with E-state index in [1.54, 1.807) is 13.8 Å². The van der Waals surface area contributed by atoms with Crippen LogP contribution in [0.2, 0.25) is 0 Å². The van der Waals surface area contributed by atoms with E-state index in [1.807, 2.05) is 0 Å². The molecule has 1 aromatic rings. The minimum Gasteiger partial charge on any atom is -0.489 e. The average Bonchev–Trinajstić information content (AvgIpc) is 2.49. The highest BCUT2D eigenvalue weighted by Gasteiger charge is 2.38. The van der Waals surface area contributed by atoms with Gasteiger partial charge in [0.05, 0.1) is 13.2 Å². The number of halogens is 3. The number of fused-ring (bicyclic) bond motifs is 1. The zero-order chi connectivity index (χ0) is 14.3. The monoisotopic (exact) mass is 275 g/mol. The van der Waals surface area contributed by atoms with Crippen LogP contribution in [-0.4, -0.2) is 13.2 Å². The van der Waals surface area contributed by atoms with Crippen LogP contribution in [0.1, 0.15) is 31.4 Å². The van der Waals surface area contributed by atoms with Gasteiger partial charge in [-0.1, -0.05) is 6.07 Å². The quantitative estimate of drug-likeness (QED) is 0.856. The summed E-state index contributed by atoms with van der Waals surface area (Å²) in [5.74, 6) is -0.138. The van der Waals surface area contributed by atoms with Crippen molar-refractivity contribution in [1.82, 2.24) is 0 Å². The number of hydrogen-bond acceptors (Lipinski definition) is 3. The van der Waals surface area contributed by atoms with Crippen LogP contribution >= 0.6 is 0 Å². The lowest BCUT2D eigenvalue weighted by molar-refractivity contribution is -0.139. The molecule has 19 heavy (non-hydrogen) atoms. The maximum Gasteiger partial charge on any atom is 0.420 e. The summed E-state index contributed by atoms with van der Waals surface area (Å²) in [5, 5.41) is 0. The number of benzene rings is 1. The Morgan fingerprint density at radius 3 is 1.95 bits per heavy atom. The Morgan fingerprint density at radius 1 is 1.00 bits per heavy atom. The van der Waals surface area contributed by atoms with Gasteiger partial charge < -0.3 is 15.2 Å². The minimum absolute atomic E-state index is 0.111. The molecule has 0 fully saturated rings. The van der Waals surface area contributed by atoms with Gasteiger partial charge >= 0.3 is 6.18 Å². The molecule has 106 valence electrons. The van der Waals surface area contributed by atoms with Crippen LogP contribution in [0.4, 0.5) is 13.2 Å². The van der Waals surface area contributed by atoms with E-state index in [1.165, 1.54) is 6.07 Å². The van der Waals surface area contributed by atoms with Gasteiger partial charge in [0.2, 0.25) is 0 Å². The Balaban J connectivity index is 2.65. The summed E-state index contributed by atoms with van der Waals surface area (Å²) in [4.78, 5) is 0. The second-order valence-corrected chi connectivity index (χ2v) is 5.09. The average molecular weight is 275 g/mol. The molecule has 0 saturated heterocycles. The summed E-state index contributed by atoms with van der Waals surface area (Å²) in [5.41, 5.74) is 4.86. The molecule has 0 amide bonds. The summed E-state index contributed by atoms with van der Waals surface area (Å²) in [6.45, 7) is 3.94. The predicted molar refractivity (Wildman–Crippen MR) is 64.3 cm³/mol. The van der Waals surface area contributed by atoms with Gasteiger partial charge in [0.25, 0.3) is 0 Å². The van der Waals surface area contributed by atoms with Crippen molar-refractivity contribution in [2.45, 2.75) is 32.0 Å². The third kappa shape index (κ3) is 2.78. The molecule has 0 aromatic heterocycles. The van der Waals surface area contributed by atoms with Crippen molar-refractivity contribution in [2.24, 2.45) is 5.73 Å². The van der Waals surface area contributed by atoms with Crippen molar-refractivity contribution < 1.29 is 22.6 Å². The molecular weight excluding hydrogens is 259 g/mol. The molecule has 2 rings (SSSR count). The molecule has 1 aromatic carbocycles. The lowest BCUT2D eigenvalue weighted by Crippen LogP contribution is -2.29. The van der Waals surface area contributed by atoms with E-state index in [2.05, 4.69) is 0 Å². The topological polar surface area (TPSA) is 44.5 Å². The van der Waals surface area contributed by atoms with E-state index >= 15 is 0 Å². The summed E-state index contributed by atoms with van der Waals surface area (Å²) in [6, 6.07) is 2.35. The largest absolute Gasteiger partial charge is 0.489 e. The standard InChI is InChI=1S/C13H16F3NO2/c1-12(2,17)8-4-5-9(13(14,15)16)11-10(8)18-6-3-7-19-11/h4-5H,3,6-7,17H2,1-2H3. The van der Waals surface area contributed by atoms with Crippen molar-refractivity contribution >= 4 is 0 Å². The van der Waals surface area contributed by atoms with Gasteiger partial charge in [-0.15, -0.1) is 0 Å². The summed E-state index contributed by atoms with van der Waals surface area (Å²) < 4.78 is 49.6. The highest BCUT2D eigenvalue weighted by Crippen LogP contribution is 2.46. The highest BCUT2D eigenvalue weighted by atomic mass is 19.4. The normalized spacial score (nSPS) is 16.1. The van der Waals surface area contributed by atoms with Gasteiger partial charge in [-0.2, -0.15) is 13.2 Å². The summed E-state index contributed by atoms with van der Waals surface area (Å²) in [7, 11) is 0. The van der Waals surface area contributed by atoms with Crippen molar-refractivity contribution in [3.05, 3.63) is 23.3 Å². The van der Waals surface area contributed by atoms with Gasteiger partial charge in [-0.3, -0.25) is 0 Å². The van der Waals surface area contributed by atoms with Crippen LogP contribution in [0.3, 0.4) is 0 Å². The Labute approximate surface area is 109 Å². The molecule has 1 heterocycles. The number of nitrogens with two attached hydrogens (primary N) is 1. The number of ether oxygens (including phenoxy) is 2. The zero-order valence-electron chi connectivity index (χ0n) is 10.8. The number of alkyl halides is 3. The fraction of sp³-hybridized carbons (Fsp3) is 0.538. The van der Waals surface area contributed by atoms with E-state index < -0.39 is 17.3 Å². The first-order chi connectivity index (χ1) is 8.71. The molecule has 0 saturated carbocycles. The van der Waals surface area contributed by atoms with Crippen molar-refractivity contribution in [3.8, 4) is 11.5 Å². The van der Waals surface area contributed by atoms with Crippen LogP contribution in [0, 0.1) is 0 Å². The first kappa shape index (κ1) is 14.0. The van der Waals surface area contributed by atoms with Gasteiger partial charge in [0.15, 0.2) is 11.5 Å². The SMILES string of the molecule is CC(C)(N)c1ccc(C(F)(F)F)c2c1OCCCO2. The zero-order valence-corrected chi connectivity index (χ0v) is 10.8. The third-order valence-corrected chi connectivity index (χ3v) is 2.89. The second kappa shape index (κ2) is 4.59. The lowest BCUT2D eigenvalue weighted by Gasteiger charge is -2.25. The molecule has 3 nitrogen and oxygen atoms in total. The highest BCUT2D eigenvalue weighted by molar-refractivity contribution is 5.55. The molecule has 2 N–H and O–H groups in total. The molecule has 0 aliphatic carbocycles. The summed E-state index contributed by atoms with van der Waals surface area (Å²) in [6.07, 6.45) is -3.94. The van der Waals surface area contributed by atoms with Crippen molar-refractivity contribution in [1.29, 1.82) is 0 Å². The fourth-order valence-corrected chi connectivity index (χ4v) is 1.99. The molecule has 0 atom stereocenters. The molecule has 0 unspecified atom stereocenters. The maximum absolute atomic E-state index is 13.0. The van der Waals surface area contributed by atoms with E-state index in [0.717, 1.165) is 6.07 Å². The van der Waals surface area contributed by atoms with Crippen LogP contribution in [0.5, 0.6) is 11.5 Å². The van der Waals surface area contributed by atoms with Crippen LogP contribution < -0.4 is 15.2 Å². The maximum atomic E-state index is 13.0. The second-order valence-electron chi connectivity index (χ2n) is 5.09. The third-order valence-electron chi connectivity index (χ3n) is 2.89. The van der Waals surface area contributed by atoms with Crippen molar-refractivity contribution in [2.75, 3.05) is 13.2 Å². The predicted octanol–water partition coefficient (Wildman–Crippen LogP) is 3.06. The van der Waals surface area contributed by atoms with E-state index in [4.69, 9.17) is 15.2 Å². The van der Waals surface area contributed by atoms with E-state index in [0.29, 0.717) is 18.6 Å². The molecule has 1 aliphatic heterocycles. The Hall–Kier alpha value is -1.43. The molecule has 1 aliphatic rings. The number of hydrogen-bond donors (Lipinski definition) is 1. The van der Waals surface area contributed by atoms with Gasteiger partial charge in [0, 0.05) is 17.5 Å². The van der Waals surface area contributed by atoms with Crippen LogP contribution in [0.15, 0.2) is 12.1 Å². The minimum atomic E-state index is -4.48. The lowest BCUT2D eigenvalue weighted by atomic mass is 9.92. The van der Waals surface area contributed by atoms with Gasteiger partial charge in [-0.25, -0.2) is 0 Å². The van der Waals surface area contributed by atoms with Crippen molar-refractivity contribution in [3.63, 3.8) is 0 Å². The Morgan fingerprint density at radius 2 is 1.47 bits per heavy atom. The molecule has 0 bridgehead atoms. The molecule has 6 heteroatoms. The van der Waals surface area contributed by atoms with Gasteiger partial charge in [0.1, 0.15) is 5.56 Å². The number of rotatable bonds is 1. The summed E-state index contributed by atoms with van der Waals surface area (Å²) >= 11 is 0. The van der Waals surface area contributed by atoms with Gasteiger partial charge in [-0.05, 0) is 19.9 Å². The van der Waals surface area contributed by atoms with E-state index in [-0.39, 0.29) is 18.1 Å². The first-order valence-electron chi connectivity index (χ1n) is 6.00. The molecular formula is C13H16F3NO2. The van der Waals surface area contributed by atoms with Crippen LogP contribution in [-0.2, 0) is 11.7 Å². The van der Waals surface area contributed by atoms with Crippen LogP contribution in [0.25, 0.3) is 0 Å².